The lowest BCUT2D eigenvalue weighted by molar-refractivity contribution is -0.120. The maximum absolute atomic E-state index is 10.7. The van der Waals surface area contributed by atoms with Gasteiger partial charge in [0.1, 0.15) is 0 Å². The van der Waals surface area contributed by atoms with Crippen LogP contribution < -0.4 is 10.6 Å². The molecule has 0 aromatic carbocycles. The SMILES string of the molecule is CNC(=O)CCNCC(O)CO. The van der Waals surface area contributed by atoms with Crippen molar-refractivity contribution in [1.29, 1.82) is 0 Å². The van der Waals surface area contributed by atoms with Gasteiger partial charge in [-0.15, -0.1) is 0 Å². The number of nitrogens with one attached hydrogen (secondary N) is 2. The number of hydrogen-bond acceptors (Lipinski definition) is 4. The van der Waals surface area contributed by atoms with E-state index in [1.165, 1.54) is 0 Å². The van der Waals surface area contributed by atoms with Crippen molar-refractivity contribution in [3.63, 3.8) is 0 Å². The van der Waals surface area contributed by atoms with Crippen LogP contribution in [0.2, 0.25) is 0 Å². The molecule has 0 aliphatic rings. The molecule has 0 bridgehead atoms. The van der Waals surface area contributed by atoms with Crippen LogP contribution in [0.4, 0.5) is 0 Å². The summed E-state index contributed by atoms with van der Waals surface area (Å²) in [6, 6.07) is 0. The Morgan fingerprint density at radius 3 is 2.75 bits per heavy atom. The molecular formula is C7H16N2O3. The lowest BCUT2D eigenvalue weighted by Crippen LogP contribution is -2.32. The average Bonchev–Trinajstić information content (AvgIpc) is 2.11. The second-order valence-corrected chi connectivity index (χ2v) is 2.46. The van der Waals surface area contributed by atoms with Crippen molar-refractivity contribution in [2.24, 2.45) is 0 Å². The highest BCUT2D eigenvalue weighted by atomic mass is 16.3. The van der Waals surface area contributed by atoms with Gasteiger partial charge < -0.3 is 20.8 Å². The number of carbonyl (C=O) groups is 1. The van der Waals surface area contributed by atoms with E-state index in [4.69, 9.17) is 10.2 Å². The van der Waals surface area contributed by atoms with Crippen LogP contribution in [-0.4, -0.2) is 49.0 Å². The molecule has 72 valence electrons. The fourth-order valence-corrected chi connectivity index (χ4v) is 0.660. The normalized spacial score (nSPS) is 12.6. The molecule has 5 heteroatoms. The summed E-state index contributed by atoms with van der Waals surface area (Å²) in [4.78, 5) is 10.7. The summed E-state index contributed by atoms with van der Waals surface area (Å²) >= 11 is 0. The molecule has 1 atom stereocenters. The summed E-state index contributed by atoms with van der Waals surface area (Å²) in [5.74, 6) is -0.0408. The van der Waals surface area contributed by atoms with Crippen LogP contribution in [0.5, 0.6) is 0 Å². The van der Waals surface area contributed by atoms with Crippen molar-refractivity contribution in [1.82, 2.24) is 10.6 Å². The maximum atomic E-state index is 10.7. The van der Waals surface area contributed by atoms with E-state index in [1.807, 2.05) is 0 Å². The molecule has 1 unspecified atom stereocenters. The Morgan fingerprint density at radius 1 is 1.58 bits per heavy atom. The molecule has 12 heavy (non-hydrogen) atoms. The Bertz CT molecular complexity index is 130. The quantitative estimate of drug-likeness (QED) is 0.355. The number of amides is 1. The molecule has 5 nitrogen and oxygen atoms in total. The lowest BCUT2D eigenvalue weighted by atomic mass is 10.3. The van der Waals surface area contributed by atoms with Crippen molar-refractivity contribution in [2.45, 2.75) is 12.5 Å². The smallest absolute Gasteiger partial charge is 0.221 e. The minimum atomic E-state index is -0.741. The zero-order chi connectivity index (χ0) is 9.40. The Kier molecular flexibility index (Phi) is 6.64. The van der Waals surface area contributed by atoms with Gasteiger partial charge in [-0.05, 0) is 0 Å². The molecule has 0 rings (SSSR count). The van der Waals surface area contributed by atoms with E-state index in [2.05, 4.69) is 10.6 Å². The van der Waals surface area contributed by atoms with Gasteiger partial charge in [-0.2, -0.15) is 0 Å². The third-order valence-electron chi connectivity index (χ3n) is 1.40. The first-order valence-corrected chi connectivity index (χ1v) is 3.91. The van der Waals surface area contributed by atoms with Gasteiger partial charge in [0, 0.05) is 26.6 Å². The summed E-state index contributed by atoms with van der Waals surface area (Å²) in [5, 5.41) is 22.6. The van der Waals surface area contributed by atoms with E-state index in [1.54, 1.807) is 7.05 Å². The molecule has 0 saturated carbocycles. The highest BCUT2D eigenvalue weighted by molar-refractivity contribution is 5.75. The molecule has 0 fully saturated rings. The van der Waals surface area contributed by atoms with Gasteiger partial charge in [-0.1, -0.05) is 0 Å². The van der Waals surface area contributed by atoms with Crippen LogP contribution in [0.3, 0.4) is 0 Å². The maximum Gasteiger partial charge on any atom is 0.221 e. The fourth-order valence-electron chi connectivity index (χ4n) is 0.660. The molecule has 0 aliphatic carbocycles. The Labute approximate surface area is 71.8 Å². The van der Waals surface area contributed by atoms with E-state index in [9.17, 15) is 4.79 Å². The zero-order valence-corrected chi connectivity index (χ0v) is 7.21. The third kappa shape index (κ3) is 6.09. The highest BCUT2D eigenvalue weighted by Gasteiger charge is 2.01. The summed E-state index contributed by atoms with van der Waals surface area (Å²) < 4.78 is 0. The van der Waals surface area contributed by atoms with Gasteiger partial charge in [0.2, 0.25) is 5.91 Å². The predicted molar refractivity (Wildman–Crippen MR) is 44.6 cm³/mol. The standard InChI is InChI=1S/C7H16N2O3/c1-8-7(12)2-3-9-4-6(11)5-10/h6,9-11H,2-5H2,1H3,(H,8,12). The van der Waals surface area contributed by atoms with Crippen LogP contribution in [0.25, 0.3) is 0 Å². The second-order valence-electron chi connectivity index (χ2n) is 2.46. The van der Waals surface area contributed by atoms with Gasteiger partial charge in [0.25, 0.3) is 0 Å². The summed E-state index contributed by atoms with van der Waals surface area (Å²) in [6.07, 6.45) is -0.357. The average molecular weight is 176 g/mol. The first-order valence-electron chi connectivity index (χ1n) is 3.91. The van der Waals surface area contributed by atoms with E-state index in [0.29, 0.717) is 19.5 Å². The van der Waals surface area contributed by atoms with E-state index in [-0.39, 0.29) is 12.5 Å². The molecule has 0 aliphatic heterocycles. The van der Waals surface area contributed by atoms with Crippen molar-refractivity contribution < 1.29 is 15.0 Å². The van der Waals surface area contributed by atoms with Gasteiger partial charge in [0.15, 0.2) is 0 Å². The van der Waals surface area contributed by atoms with Crippen molar-refractivity contribution in [2.75, 3.05) is 26.7 Å². The van der Waals surface area contributed by atoms with Crippen molar-refractivity contribution in [3.8, 4) is 0 Å². The first kappa shape index (κ1) is 11.4. The van der Waals surface area contributed by atoms with Crippen LogP contribution in [0, 0.1) is 0 Å². The van der Waals surface area contributed by atoms with E-state index in [0.717, 1.165) is 0 Å². The lowest BCUT2D eigenvalue weighted by Gasteiger charge is -2.07. The third-order valence-corrected chi connectivity index (χ3v) is 1.40. The van der Waals surface area contributed by atoms with Gasteiger partial charge >= 0.3 is 0 Å². The second kappa shape index (κ2) is 7.02. The number of aliphatic hydroxyl groups excluding tert-OH is 2. The Hall–Kier alpha value is -0.650. The van der Waals surface area contributed by atoms with Crippen LogP contribution >= 0.6 is 0 Å². The molecule has 4 N–H and O–H groups in total. The number of aliphatic hydroxyl groups is 2. The molecule has 0 aromatic heterocycles. The summed E-state index contributed by atoms with van der Waals surface area (Å²) in [5.41, 5.74) is 0. The van der Waals surface area contributed by atoms with Gasteiger partial charge in [0.05, 0.1) is 12.7 Å². The number of carbonyl (C=O) groups excluding carboxylic acids is 1. The molecule has 1 amide bonds. The number of hydrogen-bond donors (Lipinski definition) is 4. The molecule has 0 radical (unpaired) electrons. The fraction of sp³-hybridized carbons (Fsp3) is 0.857. The van der Waals surface area contributed by atoms with Crippen LogP contribution in [-0.2, 0) is 4.79 Å². The van der Waals surface area contributed by atoms with Crippen molar-refractivity contribution in [3.05, 3.63) is 0 Å². The highest BCUT2D eigenvalue weighted by Crippen LogP contribution is 1.79. The van der Waals surface area contributed by atoms with Gasteiger partial charge in [-0.25, -0.2) is 0 Å². The molecule has 0 spiro atoms. The van der Waals surface area contributed by atoms with Crippen LogP contribution in [0.15, 0.2) is 0 Å². The van der Waals surface area contributed by atoms with Crippen molar-refractivity contribution >= 4 is 5.91 Å². The summed E-state index contributed by atoms with van der Waals surface area (Å²) in [7, 11) is 1.57. The number of rotatable bonds is 6. The molecular weight excluding hydrogens is 160 g/mol. The predicted octanol–water partition coefficient (Wildman–Crippen LogP) is -1.93. The minimum absolute atomic E-state index is 0.0408. The largest absolute Gasteiger partial charge is 0.394 e. The summed E-state index contributed by atoms with van der Waals surface area (Å²) in [6.45, 7) is 0.567. The van der Waals surface area contributed by atoms with Gasteiger partial charge in [-0.3, -0.25) is 4.79 Å². The molecule has 0 saturated heterocycles. The first-order chi connectivity index (χ1) is 5.70. The van der Waals surface area contributed by atoms with E-state index < -0.39 is 6.10 Å². The van der Waals surface area contributed by atoms with Crippen LogP contribution in [0.1, 0.15) is 6.42 Å². The van der Waals surface area contributed by atoms with E-state index >= 15 is 0 Å². The minimum Gasteiger partial charge on any atom is -0.394 e. The molecule has 0 heterocycles. The monoisotopic (exact) mass is 176 g/mol. The zero-order valence-electron chi connectivity index (χ0n) is 7.21. The Balaban J connectivity index is 3.15. The Morgan fingerprint density at radius 2 is 2.25 bits per heavy atom. The molecule has 0 aromatic rings. The topological polar surface area (TPSA) is 81.6 Å².